The highest BCUT2D eigenvalue weighted by molar-refractivity contribution is 6.17. The Balaban J connectivity index is 1.13. The van der Waals surface area contributed by atoms with Gasteiger partial charge in [-0.05, 0) is 87.8 Å². The summed E-state index contributed by atoms with van der Waals surface area (Å²) in [4.78, 5) is 89.0. The molecule has 278 valence electrons. The number of carbonyl (C=O) groups is 6. The van der Waals surface area contributed by atoms with Crippen LogP contribution in [0.15, 0.2) is 97.1 Å². The normalized spacial score (nSPS) is 14.6. The van der Waals surface area contributed by atoms with Crippen LogP contribution in [0.3, 0.4) is 0 Å². The van der Waals surface area contributed by atoms with Crippen LogP contribution < -0.4 is 9.47 Å². The molecule has 0 radical (unpaired) electrons. The third kappa shape index (κ3) is 9.37. The molecule has 0 N–H and O–H groups in total. The Kier molecular flexibility index (Phi) is 12.5. The standard InChI is InChI=1S/C42H38O12/c43-37(33-23-11-13-25-35(33)51-41(47)49-27-15-3-1-4-16-27)29-19-7-9-21-31(29)39(45)53-54-40(46)32-22-10-8-20-30(32)38(44)34-24-12-14-26-36(34)52-42(48)50-28-17-5-2-6-18-28/h7-14,19-28H,1-6,15-18H2. The molecular weight excluding hydrogens is 696 g/mol. The molecule has 0 aliphatic heterocycles. The Morgan fingerprint density at radius 2 is 0.704 bits per heavy atom. The summed E-state index contributed by atoms with van der Waals surface area (Å²) in [5.41, 5.74) is -0.770. The molecule has 12 nitrogen and oxygen atoms in total. The summed E-state index contributed by atoms with van der Waals surface area (Å²) < 4.78 is 21.7. The number of hydrogen-bond acceptors (Lipinski definition) is 12. The molecule has 0 heterocycles. The van der Waals surface area contributed by atoms with Crippen molar-refractivity contribution < 1.29 is 57.5 Å². The highest BCUT2D eigenvalue weighted by Crippen LogP contribution is 2.28. The average molecular weight is 735 g/mol. The van der Waals surface area contributed by atoms with Gasteiger partial charge in [-0.1, -0.05) is 73.5 Å². The lowest BCUT2D eigenvalue weighted by Gasteiger charge is -2.21. The van der Waals surface area contributed by atoms with Crippen molar-refractivity contribution in [2.24, 2.45) is 0 Å². The summed E-state index contributed by atoms with van der Waals surface area (Å²) in [5.74, 6) is -3.83. The van der Waals surface area contributed by atoms with E-state index in [0.717, 1.165) is 64.2 Å². The topological polar surface area (TPSA) is 158 Å². The monoisotopic (exact) mass is 734 g/mol. The van der Waals surface area contributed by atoms with Crippen LogP contribution in [0.25, 0.3) is 0 Å². The van der Waals surface area contributed by atoms with Gasteiger partial charge in [0.25, 0.3) is 0 Å². The maximum atomic E-state index is 13.7. The van der Waals surface area contributed by atoms with Crippen molar-refractivity contribution in [2.45, 2.75) is 76.4 Å². The molecule has 0 spiro atoms. The van der Waals surface area contributed by atoms with E-state index in [-0.39, 0.29) is 57.1 Å². The molecule has 12 heteroatoms. The first-order valence-electron chi connectivity index (χ1n) is 17.9. The highest BCUT2D eigenvalue weighted by Gasteiger charge is 2.28. The maximum absolute atomic E-state index is 13.7. The molecule has 0 atom stereocenters. The van der Waals surface area contributed by atoms with Crippen LogP contribution >= 0.6 is 0 Å². The van der Waals surface area contributed by atoms with Gasteiger partial charge in [-0.25, -0.2) is 29.0 Å². The van der Waals surface area contributed by atoms with Crippen LogP contribution in [-0.2, 0) is 19.2 Å². The number of ether oxygens (including phenoxy) is 4. The first-order chi connectivity index (χ1) is 26.3. The van der Waals surface area contributed by atoms with E-state index in [1.54, 1.807) is 24.3 Å². The number of ketones is 2. The second-order valence-electron chi connectivity index (χ2n) is 12.9. The predicted molar refractivity (Wildman–Crippen MR) is 191 cm³/mol. The van der Waals surface area contributed by atoms with Gasteiger partial charge >= 0.3 is 24.2 Å². The summed E-state index contributed by atoms with van der Waals surface area (Å²) in [7, 11) is 0. The van der Waals surface area contributed by atoms with E-state index >= 15 is 0 Å². The zero-order chi connectivity index (χ0) is 37.9. The molecule has 0 unspecified atom stereocenters. The van der Waals surface area contributed by atoms with Gasteiger partial charge in [-0.2, -0.15) is 0 Å². The van der Waals surface area contributed by atoms with Crippen LogP contribution in [0.4, 0.5) is 9.59 Å². The number of carbonyl (C=O) groups excluding carboxylic acids is 6. The van der Waals surface area contributed by atoms with Crippen LogP contribution in [0.5, 0.6) is 11.5 Å². The largest absolute Gasteiger partial charge is 0.514 e. The minimum atomic E-state index is -1.18. The number of benzene rings is 4. The van der Waals surface area contributed by atoms with Gasteiger partial charge in [0.2, 0.25) is 0 Å². The first-order valence-corrected chi connectivity index (χ1v) is 17.9. The van der Waals surface area contributed by atoms with E-state index in [1.165, 1.54) is 72.8 Å². The van der Waals surface area contributed by atoms with Crippen molar-refractivity contribution >= 4 is 35.8 Å². The van der Waals surface area contributed by atoms with Crippen molar-refractivity contribution in [1.82, 2.24) is 0 Å². The second kappa shape index (κ2) is 18.0. The molecule has 2 aliphatic rings. The van der Waals surface area contributed by atoms with Gasteiger partial charge in [0.05, 0.1) is 22.3 Å². The van der Waals surface area contributed by atoms with Crippen molar-refractivity contribution in [2.75, 3.05) is 0 Å². The molecule has 0 amide bonds. The maximum Gasteiger partial charge on any atom is 0.514 e. The van der Waals surface area contributed by atoms with E-state index in [0.29, 0.717) is 0 Å². The Morgan fingerprint density at radius 1 is 0.389 bits per heavy atom. The third-order valence-electron chi connectivity index (χ3n) is 9.26. The fourth-order valence-electron chi connectivity index (χ4n) is 6.53. The van der Waals surface area contributed by atoms with Crippen molar-refractivity contribution in [3.05, 3.63) is 130 Å². The number of para-hydroxylation sites is 2. The van der Waals surface area contributed by atoms with E-state index in [9.17, 15) is 28.8 Å². The van der Waals surface area contributed by atoms with Crippen molar-refractivity contribution in [3.8, 4) is 11.5 Å². The molecule has 4 aromatic rings. The fourth-order valence-corrected chi connectivity index (χ4v) is 6.53. The molecule has 2 aliphatic carbocycles. The molecule has 2 fully saturated rings. The molecule has 4 aromatic carbocycles. The minimum Gasteiger partial charge on any atom is -0.431 e. The van der Waals surface area contributed by atoms with Crippen LogP contribution in [0.2, 0.25) is 0 Å². The molecule has 54 heavy (non-hydrogen) atoms. The summed E-state index contributed by atoms with van der Waals surface area (Å²) in [6.07, 6.45) is 6.49. The molecular formula is C42H38O12. The highest BCUT2D eigenvalue weighted by atomic mass is 17.2. The summed E-state index contributed by atoms with van der Waals surface area (Å²) in [5, 5.41) is 0. The van der Waals surface area contributed by atoms with E-state index in [1.807, 2.05) is 0 Å². The summed E-state index contributed by atoms with van der Waals surface area (Å²) in [6.45, 7) is 0. The fraction of sp³-hybridized carbons (Fsp3) is 0.286. The van der Waals surface area contributed by atoms with Crippen LogP contribution in [-0.4, -0.2) is 48.0 Å². The summed E-state index contributed by atoms with van der Waals surface area (Å²) in [6, 6.07) is 23.4. The van der Waals surface area contributed by atoms with Gasteiger partial charge in [-0.3, -0.25) is 9.59 Å². The quantitative estimate of drug-likeness (QED) is 0.0502. The van der Waals surface area contributed by atoms with Gasteiger partial charge in [0.1, 0.15) is 23.7 Å². The van der Waals surface area contributed by atoms with Crippen LogP contribution in [0.1, 0.15) is 117 Å². The Morgan fingerprint density at radius 3 is 1.07 bits per heavy atom. The summed E-state index contributed by atoms with van der Waals surface area (Å²) >= 11 is 0. The van der Waals surface area contributed by atoms with Crippen LogP contribution in [0, 0.1) is 0 Å². The minimum absolute atomic E-state index is 0.0192. The Hall–Kier alpha value is -6.30. The Bertz CT molecular complexity index is 1880. The molecule has 0 aromatic heterocycles. The zero-order valence-corrected chi connectivity index (χ0v) is 29.4. The zero-order valence-electron chi connectivity index (χ0n) is 29.4. The van der Waals surface area contributed by atoms with Gasteiger partial charge in [-0.15, -0.1) is 0 Å². The van der Waals surface area contributed by atoms with E-state index in [4.69, 9.17) is 28.7 Å². The van der Waals surface area contributed by atoms with Gasteiger partial charge in [0.15, 0.2) is 11.6 Å². The van der Waals surface area contributed by atoms with E-state index in [2.05, 4.69) is 0 Å². The number of rotatable bonds is 10. The second-order valence-corrected chi connectivity index (χ2v) is 12.9. The SMILES string of the molecule is O=C(Oc1ccccc1C(=O)c1ccccc1C(=O)OOC(=O)c1ccccc1C(=O)c1ccccc1OC(=O)OC1CCCCC1)OC1CCCCC1. The molecule has 2 saturated carbocycles. The van der Waals surface area contributed by atoms with Crippen molar-refractivity contribution in [3.63, 3.8) is 0 Å². The lowest BCUT2D eigenvalue weighted by atomic mass is 9.97. The lowest BCUT2D eigenvalue weighted by molar-refractivity contribution is -0.187. The van der Waals surface area contributed by atoms with Crippen molar-refractivity contribution in [1.29, 1.82) is 0 Å². The van der Waals surface area contributed by atoms with E-state index < -0.39 is 35.8 Å². The van der Waals surface area contributed by atoms with Gasteiger partial charge in [0, 0.05) is 11.1 Å². The smallest absolute Gasteiger partial charge is 0.431 e. The molecule has 0 bridgehead atoms. The molecule has 6 rings (SSSR count). The third-order valence-corrected chi connectivity index (χ3v) is 9.26. The Labute approximate surface area is 311 Å². The molecule has 0 saturated heterocycles. The predicted octanol–water partition coefficient (Wildman–Crippen LogP) is 8.77. The number of hydrogen-bond donors (Lipinski definition) is 0. The lowest BCUT2D eigenvalue weighted by Crippen LogP contribution is -2.23. The first kappa shape index (κ1) is 37.5. The average Bonchev–Trinajstić information content (AvgIpc) is 3.20. The van der Waals surface area contributed by atoms with Gasteiger partial charge < -0.3 is 18.9 Å².